The first-order chi connectivity index (χ1) is 13.7. The summed E-state index contributed by atoms with van der Waals surface area (Å²) < 4.78 is 52.7. The molecule has 0 amide bonds. The zero-order chi connectivity index (χ0) is 22.3. The largest absolute Gasteiger partial charge is 0.490 e. The van der Waals surface area contributed by atoms with Crippen molar-refractivity contribution < 1.29 is 51.2 Å². The minimum Gasteiger partial charge on any atom is -0.382 e. The van der Waals surface area contributed by atoms with Crippen LogP contribution in [0.4, 0.5) is 5.82 Å². The predicted molar refractivity (Wildman–Crippen MR) is 97.7 cm³/mol. The Morgan fingerprint density at radius 2 is 1.87 bits per heavy atom. The zero-order valence-corrected chi connectivity index (χ0v) is 18.0. The summed E-state index contributed by atoms with van der Waals surface area (Å²) >= 11 is 5.80. The molecular formula is C10H15ClN5O11P3. The summed E-state index contributed by atoms with van der Waals surface area (Å²) in [7, 11) is -16.3. The maximum absolute atomic E-state index is 11.8. The van der Waals surface area contributed by atoms with Crippen LogP contribution < -0.4 is 5.73 Å². The van der Waals surface area contributed by atoms with Gasteiger partial charge >= 0.3 is 23.5 Å². The summed E-state index contributed by atoms with van der Waals surface area (Å²) in [5.74, 6) is 0.0750. The van der Waals surface area contributed by atoms with Gasteiger partial charge < -0.3 is 30.0 Å². The Morgan fingerprint density at radius 3 is 2.53 bits per heavy atom. The van der Waals surface area contributed by atoms with E-state index in [1.165, 1.54) is 10.9 Å². The summed E-state index contributed by atoms with van der Waals surface area (Å²) in [5.41, 5.74) is 6.35. The second kappa shape index (κ2) is 8.51. The van der Waals surface area contributed by atoms with Crippen molar-refractivity contribution in [3.63, 3.8) is 0 Å². The van der Waals surface area contributed by atoms with Gasteiger partial charge in [-0.05, 0) is 24.4 Å². The Balaban J connectivity index is 1.61. The molecule has 0 aliphatic carbocycles. The SMILES string of the molecule is Nc1nc(Cl)nc2c1ncn2C1CCC(COP(=O)(O)OP(=O)(O)OP(=O)(O)O)O1. The lowest BCUT2D eigenvalue weighted by molar-refractivity contribution is -0.0205. The van der Waals surface area contributed by atoms with Gasteiger partial charge in [-0.25, -0.2) is 18.7 Å². The predicted octanol–water partition coefficient (Wildman–Crippen LogP) is 1.08. The third kappa shape index (κ3) is 6.04. The molecule has 30 heavy (non-hydrogen) atoms. The molecular weight excluding hydrogens is 495 g/mol. The van der Waals surface area contributed by atoms with E-state index in [0.29, 0.717) is 24.0 Å². The summed E-state index contributed by atoms with van der Waals surface area (Å²) in [6.07, 6.45) is 0.814. The van der Waals surface area contributed by atoms with Crippen LogP contribution in [0.25, 0.3) is 11.2 Å². The Labute approximate surface area is 172 Å². The van der Waals surface area contributed by atoms with Crippen molar-refractivity contribution in [1.29, 1.82) is 0 Å². The van der Waals surface area contributed by atoms with E-state index in [-0.39, 0.29) is 11.1 Å². The van der Waals surface area contributed by atoms with Gasteiger partial charge in [0.1, 0.15) is 11.7 Å². The molecule has 6 N–H and O–H groups in total. The smallest absolute Gasteiger partial charge is 0.382 e. The van der Waals surface area contributed by atoms with Gasteiger partial charge in [0.15, 0.2) is 11.5 Å². The van der Waals surface area contributed by atoms with Gasteiger partial charge in [0.25, 0.3) is 0 Å². The number of nitrogens with zero attached hydrogens (tertiary/aromatic N) is 4. The first-order valence-electron chi connectivity index (χ1n) is 7.84. The Kier molecular flexibility index (Phi) is 6.71. The highest BCUT2D eigenvalue weighted by Gasteiger charge is 2.41. The number of hydrogen-bond acceptors (Lipinski definition) is 11. The number of nitrogens with two attached hydrogens (primary N) is 1. The van der Waals surface area contributed by atoms with Crippen molar-refractivity contribution in [3.8, 4) is 0 Å². The molecule has 1 aliphatic heterocycles. The lowest BCUT2D eigenvalue weighted by Gasteiger charge is -2.18. The van der Waals surface area contributed by atoms with E-state index in [1.807, 2.05) is 0 Å². The third-order valence-corrected chi connectivity index (χ3v) is 7.63. The number of anilines is 1. The molecule has 168 valence electrons. The fourth-order valence-corrected chi connectivity index (χ4v) is 5.84. The molecule has 16 nitrogen and oxygen atoms in total. The number of phosphoric acid groups is 3. The van der Waals surface area contributed by atoms with Crippen LogP contribution in [0.5, 0.6) is 0 Å². The quantitative estimate of drug-likeness (QED) is 0.247. The number of rotatable bonds is 8. The van der Waals surface area contributed by atoms with Crippen molar-refractivity contribution in [1.82, 2.24) is 19.5 Å². The molecule has 20 heteroatoms. The van der Waals surface area contributed by atoms with Gasteiger partial charge in [0.05, 0.1) is 19.0 Å². The van der Waals surface area contributed by atoms with E-state index < -0.39 is 42.4 Å². The average molecular weight is 510 g/mol. The van der Waals surface area contributed by atoms with Crippen molar-refractivity contribution in [3.05, 3.63) is 11.6 Å². The van der Waals surface area contributed by atoms with Gasteiger partial charge in [0, 0.05) is 0 Å². The van der Waals surface area contributed by atoms with Crippen LogP contribution >= 0.6 is 35.1 Å². The highest BCUT2D eigenvalue weighted by Crippen LogP contribution is 2.66. The molecule has 2 aromatic heterocycles. The number of nitrogen functional groups attached to an aromatic ring is 1. The first-order valence-corrected chi connectivity index (χ1v) is 12.7. The number of aromatic nitrogens is 4. The van der Waals surface area contributed by atoms with Crippen molar-refractivity contribution in [2.45, 2.75) is 25.2 Å². The zero-order valence-electron chi connectivity index (χ0n) is 14.6. The molecule has 3 rings (SSSR count). The van der Waals surface area contributed by atoms with Crippen LogP contribution in [0.2, 0.25) is 5.28 Å². The minimum absolute atomic E-state index is 0.0750. The average Bonchev–Trinajstić information content (AvgIpc) is 3.15. The molecule has 4 unspecified atom stereocenters. The van der Waals surface area contributed by atoms with Gasteiger partial charge in [-0.1, -0.05) is 0 Å². The van der Waals surface area contributed by atoms with Crippen LogP contribution in [-0.4, -0.2) is 51.8 Å². The van der Waals surface area contributed by atoms with Crippen molar-refractivity contribution in [2.75, 3.05) is 12.3 Å². The minimum atomic E-state index is -5.58. The third-order valence-electron chi connectivity index (χ3n) is 3.66. The normalized spacial score (nSPS) is 24.0. The number of fused-ring (bicyclic) bond motifs is 1. The molecule has 3 heterocycles. The van der Waals surface area contributed by atoms with Gasteiger partial charge in [0.2, 0.25) is 5.28 Å². The molecule has 1 fully saturated rings. The fourth-order valence-electron chi connectivity index (χ4n) is 2.62. The summed E-state index contributed by atoms with van der Waals surface area (Å²) in [6, 6.07) is 0. The van der Waals surface area contributed by atoms with Crippen LogP contribution in [-0.2, 0) is 31.6 Å². The van der Waals surface area contributed by atoms with Gasteiger partial charge in [-0.3, -0.25) is 9.09 Å². The molecule has 1 aliphatic rings. The van der Waals surface area contributed by atoms with E-state index in [2.05, 4.69) is 28.1 Å². The lowest BCUT2D eigenvalue weighted by Crippen LogP contribution is -2.16. The summed E-state index contributed by atoms with van der Waals surface area (Å²) in [5, 5.41) is -0.0936. The van der Waals surface area contributed by atoms with Crippen molar-refractivity contribution in [2.24, 2.45) is 0 Å². The standard InChI is InChI=1S/C10H15ClN5O11P3/c11-10-14-8(12)7-9(15-10)16(4-13-7)6-2-1-5(25-6)3-24-29(20,21)27-30(22,23)26-28(17,18)19/h4-6H,1-3H2,(H,20,21)(H,22,23)(H2,12,14,15)(H2,17,18,19). The Hall–Kier alpha value is -0.990. The van der Waals surface area contributed by atoms with E-state index in [4.69, 9.17) is 36.8 Å². The molecule has 2 aromatic rings. The highest BCUT2D eigenvalue weighted by atomic mass is 35.5. The number of phosphoric ester groups is 1. The number of hydrogen-bond donors (Lipinski definition) is 5. The van der Waals surface area contributed by atoms with E-state index in [1.54, 1.807) is 0 Å². The first kappa shape index (κ1) is 23.7. The van der Waals surface area contributed by atoms with Crippen LogP contribution in [0, 0.1) is 0 Å². The molecule has 0 saturated carbocycles. The summed E-state index contributed by atoms with van der Waals surface area (Å²) in [6.45, 7) is -0.551. The van der Waals surface area contributed by atoms with E-state index in [9.17, 15) is 18.6 Å². The maximum Gasteiger partial charge on any atom is 0.490 e. The monoisotopic (exact) mass is 509 g/mol. The van der Waals surface area contributed by atoms with Crippen LogP contribution in [0.15, 0.2) is 6.33 Å². The highest BCUT2D eigenvalue weighted by molar-refractivity contribution is 7.66. The van der Waals surface area contributed by atoms with Crippen LogP contribution in [0.1, 0.15) is 19.1 Å². The molecule has 0 aromatic carbocycles. The van der Waals surface area contributed by atoms with E-state index >= 15 is 0 Å². The Morgan fingerprint density at radius 1 is 1.17 bits per heavy atom. The molecule has 0 radical (unpaired) electrons. The molecule has 4 atom stereocenters. The number of imidazole rings is 1. The Bertz CT molecular complexity index is 1090. The number of halogens is 1. The topological polar surface area (TPSA) is 239 Å². The molecule has 0 spiro atoms. The van der Waals surface area contributed by atoms with Crippen LogP contribution in [0.3, 0.4) is 0 Å². The van der Waals surface area contributed by atoms with Crippen molar-refractivity contribution >= 4 is 52.1 Å². The van der Waals surface area contributed by atoms with Gasteiger partial charge in [-0.2, -0.15) is 18.6 Å². The number of ether oxygens (including phenoxy) is 1. The van der Waals surface area contributed by atoms with E-state index in [0.717, 1.165) is 0 Å². The fraction of sp³-hybridized carbons (Fsp3) is 0.500. The second-order valence-electron chi connectivity index (χ2n) is 5.88. The summed E-state index contributed by atoms with van der Waals surface area (Å²) in [4.78, 5) is 47.5. The van der Waals surface area contributed by atoms with Gasteiger partial charge in [-0.15, -0.1) is 0 Å². The second-order valence-corrected chi connectivity index (χ2v) is 10.6. The lowest BCUT2D eigenvalue weighted by atomic mass is 10.2. The molecule has 0 bridgehead atoms. The maximum atomic E-state index is 11.8. The molecule has 1 saturated heterocycles.